The number of nitrogens with one attached hydrogen (secondary N) is 1. The molecule has 0 aromatic carbocycles. The van der Waals surface area contributed by atoms with E-state index in [-0.39, 0.29) is 0 Å². The van der Waals surface area contributed by atoms with Crippen molar-refractivity contribution in [1.29, 1.82) is 0 Å². The van der Waals surface area contributed by atoms with E-state index in [0.29, 0.717) is 0 Å². The Labute approximate surface area is 61.4 Å². The van der Waals surface area contributed by atoms with Crippen LogP contribution in [0.3, 0.4) is 0 Å². The highest BCUT2D eigenvalue weighted by Gasteiger charge is 2.03. The number of rotatable bonds is 1. The molecule has 0 aliphatic carbocycles. The summed E-state index contributed by atoms with van der Waals surface area (Å²) in [5, 5.41) is 1.51. The van der Waals surface area contributed by atoms with Gasteiger partial charge in [0.2, 0.25) is 0 Å². The lowest BCUT2D eigenvalue weighted by atomic mass is 10.2. The molecule has 1 fully saturated rings. The molecule has 1 aliphatic rings. The minimum Gasteiger partial charge on any atom is -0.270 e. The predicted octanol–water partition coefficient (Wildman–Crippen LogP) is 0.434. The van der Waals surface area contributed by atoms with Gasteiger partial charge in [-0.15, -0.1) is 0 Å². The summed E-state index contributed by atoms with van der Waals surface area (Å²) in [6.45, 7) is 1.72. The Balaban J connectivity index is 2.22. The summed E-state index contributed by atoms with van der Waals surface area (Å²) >= 11 is 0. The minimum atomic E-state index is 0.809. The van der Waals surface area contributed by atoms with E-state index in [4.69, 9.17) is 0 Å². The van der Waals surface area contributed by atoms with Crippen molar-refractivity contribution in [1.82, 2.24) is 10.4 Å². The topological polar surface area (TPSA) is 32.3 Å². The van der Waals surface area contributed by atoms with Crippen LogP contribution in [0.1, 0.15) is 25.7 Å². The van der Waals surface area contributed by atoms with Crippen LogP contribution >= 0.6 is 0 Å². The standard InChI is InChI=1S/C7H13N2O/c10-7-9-6-4-2-1-3-5-8-9/h8H,1-6H2. The smallest absolute Gasteiger partial charge is 0.270 e. The fourth-order valence-corrected chi connectivity index (χ4v) is 1.12. The van der Waals surface area contributed by atoms with Gasteiger partial charge in [-0.25, -0.2) is 5.43 Å². The molecule has 1 saturated heterocycles. The lowest BCUT2D eigenvalue weighted by Crippen LogP contribution is -2.39. The summed E-state index contributed by atoms with van der Waals surface area (Å²) in [6.07, 6.45) is 6.62. The summed E-state index contributed by atoms with van der Waals surface area (Å²) in [4.78, 5) is 10.2. The summed E-state index contributed by atoms with van der Waals surface area (Å²) in [5.41, 5.74) is 2.98. The van der Waals surface area contributed by atoms with Gasteiger partial charge >= 0.3 is 6.41 Å². The average molecular weight is 141 g/mol. The van der Waals surface area contributed by atoms with Gasteiger partial charge in [-0.3, -0.25) is 9.80 Å². The van der Waals surface area contributed by atoms with Crippen LogP contribution < -0.4 is 5.43 Å². The highest BCUT2D eigenvalue weighted by Crippen LogP contribution is 2.02. The molecule has 0 atom stereocenters. The van der Waals surface area contributed by atoms with Crippen LogP contribution in [0.25, 0.3) is 0 Å². The Kier molecular flexibility index (Phi) is 3.22. The molecule has 0 saturated carbocycles. The number of hydrogen-bond acceptors (Lipinski definition) is 2. The molecule has 57 valence electrons. The van der Waals surface area contributed by atoms with Crippen LogP contribution in [0.4, 0.5) is 0 Å². The molecule has 1 rings (SSSR count). The van der Waals surface area contributed by atoms with Crippen molar-refractivity contribution in [3.8, 4) is 0 Å². The monoisotopic (exact) mass is 141 g/mol. The lowest BCUT2D eigenvalue weighted by Gasteiger charge is -2.19. The number of hydrogen-bond donors (Lipinski definition) is 1. The molecule has 0 bridgehead atoms. The molecule has 3 nitrogen and oxygen atoms in total. The molecule has 1 heterocycles. The van der Waals surface area contributed by atoms with Gasteiger partial charge in [0.15, 0.2) is 0 Å². The molecule has 1 radical (unpaired) electrons. The van der Waals surface area contributed by atoms with Crippen molar-refractivity contribution in [2.45, 2.75) is 25.7 Å². The maximum Gasteiger partial charge on any atom is 0.327 e. The molecule has 1 amide bonds. The fourth-order valence-electron chi connectivity index (χ4n) is 1.12. The van der Waals surface area contributed by atoms with Crippen LogP contribution in [0.15, 0.2) is 0 Å². The Bertz CT molecular complexity index is 97.8. The van der Waals surface area contributed by atoms with Gasteiger partial charge in [-0.2, -0.15) is 0 Å². The second-order valence-electron chi connectivity index (χ2n) is 2.57. The van der Waals surface area contributed by atoms with Crippen molar-refractivity contribution >= 4 is 6.41 Å². The molecular formula is C7H13N2O. The van der Waals surface area contributed by atoms with Crippen LogP contribution in [0.2, 0.25) is 0 Å². The van der Waals surface area contributed by atoms with Gasteiger partial charge in [0.25, 0.3) is 0 Å². The summed E-state index contributed by atoms with van der Waals surface area (Å²) in [5.74, 6) is 0. The molecule has 1 aliphatic heterocycles. The van der Waals surface area contributed by atoms with E-state index in [2.05, 4.69) is 5.43 Å². The third-order valence-corrected chi connectivity index (χ3v) is 1.72. The van der Waals surface area contributed by atoms with Gasteiger partial charge in [-0.05, 0) is 12.8 Å². The van der Waals surface area contributed by atoms with Gasteiger partial charge < -0.3 is 0 Å². The first-order chi connectivity index (χ1) is 4.93. The summed E-state index contributed by atoms with van der Waals surface area (Å²) < 4.78 is 0. The summed E-state index contributed by atoms with van der Waals surface area (Å²) in [6, 6.07) is 0. The fraction of sp³-hybridized carbons (Fsp3) is 0.857. The van der Waals surface area contributed by atoms with Gasteiger partial charge in [0.1, 0.15) is 0 Å². The van der Waals surface area contributed by atoms with Gasteiger partial charge in [0, 0.05) is 13.1 Å². The van der Waals surface area contributed by atoms with Crippen molar-refractivity contribution in [3.63, 3.8) is 0 Å². The minimum absolute atomic E-state index is 0.809. The van der Waals surface area contributed by atoms with Crippen molar-refractivity contribution < 1.29 is 4.79 Å². The highest BCUT2D eigenvalue weighted by atomic mass is 16.1. The average Bonchev–Trinajstić information content (AvgIpc) is 1.87. The van der Waals surface area contributed by atoms with E-state index < -0.39 is 0 Å². The van der Waals surface area contributed by atoms with E-state index in [1.807, 2.05) is 6.41 Å². The first kappa shape index (κ1) is 7.54. The maximum absolute atomic E-state index is 10.2. The summed E-state index contributed by atoms with van der Waals surface area (Å²) in [7, 11) is 0. The first-order valence-corrected chi connectivity index (χ1v) is 3.82. The Morgan fingerprint density at radius 1 is 1.20 bits per heavy atom. The zero-order chi connectivity index (χ0) is 7.23. The number of carbonyl (C=O) groups excluding carboxylic acids is 1. The zero-order valence-electron chi connectivity index (χ0n) is 6.10. The predicted molar refractivity (Wildman–Crippen MR) is 38.9 cm³/mol. The van der Waals surface area contributed by atoms with E-state index in [1.54, 1.807) is 0 Å². The Hall–Kier alpha value is -0.570. The van der Waals surface area contributed by atoms with E-state index in [1.165, 1.54) is 17.9 Å². The molecule has 0 spiro atoms. The van der Waals surface area contributed by atoms with Gasteiger partial charge in [0.05, 0.1) is 0 Å². The number of hydrazine groups is 1. The first-order valence-electron chi connectivity index (χ1n) is 3.82. The third kappa shape index (κ3) is 2.35. The van der Waals surface area contributed by atoms with Crippen molar-refractivity contribution in [2.75, 3.05) is 13.1 Å². The van der Waals surface area contributed by atoms with E-state index >= 15 is 0 Å². The number of nitrogens with zero attached hydrogens (tertiary/aromatic N) is 1. The number of amides is 1. The van der Waals surface area contributed by atoms with Crippen LogP contribution in [0.5, 0.6) is 0 Å². The molecule has 0 unspecified atom stereocenters. The molecule has 3 heteroatoms. The molecule has 0 aromatic heterocycles. The van der Waals surface area contributed by atoms with Crippen molar-refractivity contribution in [2.24, 2.45) is 0 Å². The Morgan fingerprint density at radius 2 is 2.00 bits per heavy atom. The van der Waals surface area contributed by atoms with Crippen LogP contribution in [0, 0.1) is 0 Å². The maximum atomic E-state index is 10.2. The molecule has 10 heavy (non-hydrogen) atoms. The highest BCUT2D eigenvalue weighted by molar-refractivity contribution is 5.46. The molecular weight excluding hydrogens is 128 g/mol. The second-order valence-corrected chi connectivity index (χ2v) is 2.57. The van der Waals surface area contributed by atoms with Crippen LogP contribution in [-0.4, -0.2) is 24.5 Å². The largest absolute Gasteiger partial charge is 0.327 e. The van der Waals surface area contributed by atoms with Gasteiger partial charge in [-0.1, -0.05) is 12.8 Å². The lowest BCUT2D eigenvalue weighted by molar-refractivity contribution is 0.264. The van der Waals surface area contributed by atoms with E-state index in [0.717, 1.165) is 25.9 Å². The second kappa shape index (κ2) is 4.28. The SMILES string of the molecule is O=[C]N1CCCCCCN1. The normalized spacial score (nSPS) is 21.4. The quantitative estimate of drug-likeness (QED) is 0.574. The van der Waals surface area contributed by atoms with Crippen LogP contribution in [-0.2, 0) is 4.79 Å². The van der Waals surface area contributed by atoms with E-state index in [9.17, 15) is 4.79 Å². The molecule has 0 aromatic rings. The zero-order valence-corrected chi connectivity index (χ0v) is 6.10. The van der Waals surface area contributed by atoms with Crippen molar-refractivity contribution in [3.05, 3.63) is 0 Å². The molecule has 1 N–H and O–H groups in total. The third-order valence-electron chi connectivity index (χ3n) is 1.72. The Morgan fingerprint density at radius 3 is 2.80 bits per heavy atom.